The number of nitrogens with one attached hydrogen (secondary N) is 1. The summed E-state index contributed by atoms with van der Waals surface area (Å²) in [4.78, 5) is 17.0. The minimum atomic E-state index is 0.442. The third-order valence-electron chi connectivity index (χ3n) is 7.91. The Labute approximate surface area is 272 Å². The van der Waals surface area contributed by atoms with Crippen LogP contribution in [0.1, 0.15) is 5.56 Å². The van der Waals surface area contributed by atoms with Crippen molar-refractivity contribution in [3.8, 4) is 39.9 Å². The molecule has 0 unspecified atom stereocenters. The molecule has 3 aromatic carbocycles. The Morgan fingerprint density at radius 1 is 0.804 bits per heavy atom. The van der Waals surface area contributed by atoms with Crippen LogP contribution in [0.2, 0.25) is 0 Å². The highest BCUT2D eigenvalue weighted by Gasteiger charge is 2.20. The van der Waals surface area contributed by atoms with Gasteiger partial charge < -0.3 is 24.4 Å². The summed E-state index contributed by atoms with van der Waals surface area (Å²) in [6.07, 6.45) is 3.75. The molecular formula is C36H34N6O3S. The Hall–Kier alpha value is -5.22. The minimum absolute atomic E-state index is 0.442. The molecule has 232 valence electrons. The first-order valence-electron chi connectivity index (χ1n) is 15.1. The van der Waals surface area contributed by atoms with Crippen molar-refractivity contribution in [3.63, 3.8) is 0 Å². The monoisotopic (exact) mass is 630 g/mol. The number of fused-ring (bicyclic) bond motifs is 1. The Kier molecular flexibility index (Phi) is 8.60. The molecule has 46 heavy (non-hydrogen) atoms. The largest absolute Gasteiger partial charge is 0.495 e. The van der Waals surface area contributed by atoms with Crippen LogP contribution in [0.5, 0.6) is 17.2 Å². The number of rotatable bonds is 10. The standard InChI is InChI=1S/C36H34N6O3S/c1-43-30-14-12-27(41-18-20-46-21-19-41)23-29(30)39-36-37-16-15-28(38-36)35-34(40-33-10-6-7-17-42(33)35)26-11-13-31(32(22-26)44-2)45-24-25-8-4-3-5-9-25/h3-17,22-23H,18-21,24H2,1-2H3,(H,37,38,39). The number of benzene rings is 3. The van der Waals surface area contributed by atoms with Gasteiger partial charge >= 0.3 is 0 Å². The Morgan fingerprint density at radius 3 is 2.43 bits per heavy atom. The van der Waals surface area contributed by atoms with Crippen molar-refractivity contribution < 1.29 is 14.2 Å². The van der Waals surface area contributed by atoms with Gasteiger partial charge in [0, 0.05) is 48.2 Å². The molecule has 4 heterocycles. The predicted molar refractivity (Wildman–Crippen MR) is 185 cm³/mol. The molecule has 0 radical (unpaired) electrons. The van der Waals surface area contributed by atoms with E-state index in [9.17, 15) is 0 Å². The fraction of sp³-hybridized carbons (Fsp3) is 0.194. The predicted octanol–water partition coefficient (Wildman–Crippen LogP) is 7.35. The van der Waals surface area contributed by atoms with E-state index < -0.39 is 0 Å². The van der Waals surface area contributed by atoms with Crippen LogP contribution in [0.4, 0.5) is 17.3 Å². The van der Waals surface area contributed by atoms with Crippen LogP contribution < -0.4 is 24.4 Å². The van der Waals surface area contributed by atoms with Crippen LogP contribution in [0.25, 0.3) is 28.3 Å². The van der Waals surface area contributed by atoms with E-state index in [0.717, 1.165) is 75.6 Å². The summed E-state index contributed by atoms with van der Waals surface area (Å²) in [6.45, 7) is 2.48. The zero-order valence-corrected chi connectivity index (χ0v) is 26.5. The highest BCUT2D eigenvalue weighted by atomic mass is 32.2. The first-order chi connectivity index (χ1) is 22.7. The zero-order chi connectivity index (χ0) is 31.3. The van der Waals surface area contributed by atoms with Crippen molar-refractivity contribution in [2.24, 2.45) is 0 Å². The normalized spacial score (nSPS) is 13.0. The van der Waals surface area contributed by atoms with Crippen molar-refractivity contribution in [1.82, 2.24) is 19.4 Å². The molecule has 0 spiro atoms. The van der Waals surface area contributed by atoms with E-state index >= 15 is 0 Å². The Balaban J connectivity index is 1.23. The molecule has 6 aromatic rings. The smallest absolute Gasteiger partial charge is 0.227 e. The lowest BCUT2D eigenvalue weighted by molar-refractivity contribution is 0.284. The van der Waals surface area contributed by atoms with Gasteiger partial charge in [0.1, 0.15) is 18.0 Å². The van der Waals surface area contributed by atoms with Crippen molar-refractivity contribution >= 4 is 34.7 Å². The molecule has 0 aliphatic carbocycles. The van der Waals surface area contributed by atoms with Crippen molar-refractivity contribution in [2.45, 2.75) is 6.61 Å². The van der Waals surface area contributed by atoms with Crippen LogP contribution in [0, 0.1) is 0 Å². The molecule has 0 saturated carbocycles. The molecule has 1 saturated heterocycles. The number of nitrogens with zero attached hydrogens (tertiary/aromatic N) is 5. The highest BCUT2D eigenvalue weighted by molar-refractivity contribution is 7.99. The number of hydrogen-bond donors (Lipinski definition) is 1. The van der Waals surface area contributed by atoms with E-state index in [2.05, 4.69) is 27.3 Å². The molecule has 3 aromatic heterocycles. The number of pyridine rings is 1. The minimum Gasteiger partial charge on any atom is -0.495 e. The molecule has 7 rings (SSSR count). The lowest BCUT2D eigenvalue weighted by Gasteiger charge is -2.29. The lowest BCUT2D eigenvalue weighted by Crippen LogP contribution is -2.32. The number of anilines is 3. The quantitative estimate of drug-likeness (QED) is 0.167. The van der Waals surface area contributed by atoms with Crippen LogP contribution in [-0.4, -0.2) is 58.2 Å². The molecule has 10 heteroatoms. The second kappa shape index (κ2) is 13.4. The van der Waals surface area contributed by atoms with Crippen LogP contribution in [0.15, 0.2) is 103 Å². The van der Waals surface area contributed by atoms with E-state index in [1.54, 1.807) is 20.4 Å². The summed E-state index contributed by atoms with van der Waals surface area (Å²) in [6, 6.07) is 30.0. The maximum absolute atomic E-state index is 6.12. The molecule has 1 fully saturated rings. The second-order valence-electron chi connectivity index (χ2n) is 10.8. The zero-order valence-electron chi connectivity index (χ0n) is 25.7. The van der Waals surface area contributed by atoms with Crippen molar-refractivity contribution in [2.75, 3.05) is 49.0 Å². The first kappa shape index (κ1) is 29.5. The number of hydrogen-bond acceptors (Lipinski definition) is 9. The maximum Gasteiger partial charge on any atom is 0.227 e. The van der Waals surface area contributed by atoms with Gasteiger partial charge in [-0.05, 0) is 60.2 Å². The average molecular weight is 631 g/mol. The highest BCUT2D eigenvalue weighted by Crippen LogP contribution is 2.38. The van der Waals surface area contributed by atoms with E-state index in [4.69, 9.17) is 24.2 Å². The summed E-state index contributed by atoms with van der Waals surface area (Å²) in [7, 11) is 3.32. The van der Waals surface area contributed by atoms with E-state index in [-0.39, 0.29) is 0 Å². The molecule has 9 nitrogen and oxygen atoms in total. The van der Waals surface area contributed by atoms with Gasteiger partial charge in [0.05, 0.1) is 37.0 Å². The first-order valence-corrected chi connectivity index (χ1v) is 16.3. The molecule has 1 aliphatic rings. The summed E-state index contributed by atoms with van der Waals surface area (Å²) in [5.74, 6) is 4.71. The second-order valence-corrected chi connectivity index (χ2v) is 12.0. The van der Waals surface area contributed by atoms with Gasteiger partial charge in [-0.3, -0.25) is 4.40 Å². The summed E-state index contributed by atoms with van der Waals surface area (Å²) >= 11 is 1.99. The van der Waals surface area contributed by atoms with Gasteiger partial charge in [-0.25, -0.2) is 15.0 Å². The van der Waals surface area contributed by atoms with Gasteiger partial charge in [-0.1, -0.05) is 36.4 Å². The number of aromatic nitrogens is 4. The van der Waals surface area contributed by atoms with Gasteiger partial charge in [0.15, 0.2) is 11.5 Å². The number of imidazole rings is 1. The molecule has 0 atom stereocenters. The summed E-state index contributed by atoms with van der Waals surface area (Å²) in [5.41, 5.74) is 7.05. The van der Waals surface area contributed by atoms with E-state index in [1.165, 1.54) is 0 Å². The summed E-state index contributed by atoms with van der Waals surface area (Å²) < 4.78 is 19.6. The third-order valence-corrected chi connectivity index (χ3v) is 8.85. The van der Waals surface area contributed by atoms with Gasteiger partial charge in [-0.2, -0.15) is 11.8 Å². The molecule has 0 bridgehead atoms. The fourth-order valence-electron chi connectivity index (χ4n) is 5.59. The van der Waals surface area contributed by atoms with Gasteiger partial charge in [0.25, 0.3) is 0 Å². The molecule has 1 N–H and O–H groups in total. The van der Waals surface area contributed by atoms with E-state index in [0.29, 0.717) is 24.1 Å². The number of thioether (sulfide) groups is 1. The molecule has 0 amide bonds. The SMILES string of the molecule is COc1ccc(N2CCSCC2)cc1Nc1nccc(-c2c(-c3ccc(OCc4ccccc4)c(OC)c3)nc3ccccn23)n1. The number of ether oxygens (including phenoxy) is 3. The van der Waals surface area contributed by atoms with Crippen molar-refractivity contribution in [3.05, 3.63) is 109 Å². The molecule has 1 aliphatic heterocycles. The Bertz CT molecular complexity index is 1960. The van der Waals surface area contributed by atoms with Crippen molar-refractivity contribution in [1.29, 1.82) is 0 Å². The number of methoxy groups -OCH3 is 2. The van der Waals surface area contributed by atoms with Crippen LogP contribution in [-0.2, 0) is 6.61 Å². The average Bonchev–Trinajstić information content (AvgIpc) is 3.51. The molecular weight excluding hydrogens is 597 g/mol. The topological polar surface area (TPSA) is 86.0 Å². The van der Waals surface area contributed by atoms with Gasteiger partial charge in [-0.15, -0.1) is 0 Å². The third kappa shape index (κ3) is 6.16. The van der Waals surface area contributed by atoms with Gasteiger partial charge in [0.2, 0.25) is 5.95 Å². The maximum atomic E-state index is 6.12. The fourth-order valence-corrected chi connectivity index (χ4v) is 6.50. The summed E-state index contributed by atoms with van der Waals surface area (Å²) in [5, 5.41) is 3.42. The van der Waals surface area contributed by atoms with Crippen LogP contribution >= 0.6 is 11.8 Å². The van der Waals surface area contributed by atoms with E-state index in [1.807, 2.05) is 101 Å². The van der Waals surface area contributed by atoms with Crippen LogP contribution in [0.3, 0.4) is 0 Å². The Morgan fingerprint density at radius 2 is 1.61 bits per heavy atom. The lowest BCUT2D eigenvalue weighted by atomic mass is 10.1.